The Balaban J connectivity index is 2.05. The highest BCUT2D eigenvalue weighted by Crippen LogP contribution is 2.42. The number of carbonyl (C=O) groups excluding carboxylic acids is 2. The van der Waals surface area contributed by atoms with Crippen LogP contribution in [-0.4, -0.2) is 66.0 Å². The number of ether oxygens (including phenoxy) is 2. The smallest absolute Gasteiger partial charge is 0.295 e. The zero-order valence-corrected chi connectivity index (χ0v) is 23.7. The van der Waals surface area contributed by atoms with E-state index in [9.17, 15) is 19.1 Å². The molecule has 1 fully saturated rings. The summed E-state index contributed by atoms with van der Waals surface area (Å²) in [5.74, 6) is -0.651. The van der Waals surface area contributed by atoms with Gasteiger partial charge in [0.1, 0.15) is 11.6 Å². The van der Waals surface area contributed by atoms with Crippen molar-refractivity contribution in [2.75, 3.05) is 39.4 Å². The minimum Gasteiger partial charge on any atom is -0.507 e. The quantitative estimate of drug-likeness (QED) is 0.185. The number of hydrogen-bond donors (Lipinski definition) is 1. The Kier molecular flexibility index (Phi) is 10.9. The number of rotatable bonds is 14. The lowest BCUT2D eigenvalue weighted by Crippen LogP contribution is -2.33. The summed E-state index contributed by atoms with van der Waals surface area (Å²) in [5, 5.41) is 11.2. The van der Waals surface area contributed by atoms with Crippen LogP contribution in [0, 0.1) is 11.7 Å². The van der Waals surface area contributed by atoms with Gasteiger partial charge in [0.25, 0.3) is 11.7 Å². The number of halogens is 1. The highest BCUT2D eigenvalue weighted by molar-refractivity contribution is 6.46. The van der Waals surface area contributed by atoms with Crippen molar-refractivity contribution >= 4 is 17.4 Å². The van der Waals surface area contributed by atoms with Crippen molar-refractivity contribution in [2.24, 2.45) is 5.92 Å². The van der Waals surface area contributed by atoms with E-state index in [1.54, 1.807) is 18.2 Å². The number of Topliss-reactive ketones (excluding diaryl/α,β-unsaturated/α-hetero) is 1. The van der Waals surface area contributed by atoms with E-state index in [1.807, 2.05) is 6.92 Å². The second kappa shape index (κ2) is 14.1. The molecule has 1 aliphatic rings. The summed E-state index contributed by atoms with van der Waals surface area (Å²) in [5.41, 5.74) is 0.868. The monoisotopic (exact) mass is 540 g/mol. The van der Waals surface area contributed by atoms with E-state index in [1.165, 1.54) is 29.2 Å². The molecule has 39 heavy (non-hydrogen) atoms. The number of aliphatic hydroxyl groups excluding tert-OH is 1. The van der Waals surface area contributed by atoms with Gasteiger partial charge in [0.15, 0.2) is 11.5 Å². The topological polar surface area (TPSA) is 79.3 Å². The van der Waals surface area contributed by atoms with Crippen LogP contribution in [0.3, 0.4) is 0 Å². The first-order valence-electron chi connectivity index (χ1n) is 13.9. The fourth-order valence-corrected chi connectivity index (χ4v) is 4.71. The Morgan fingerprint density at radius 3 is 2.33 bits per heavy atom. The standard InChI is InChI=1S/C31H41FN2O5/c1-6-33(7-2)17-9-18-34-28(23-12-15-25(26(20-23)38-8-3)39-19-16-21(4)5)27(30(36)31(34)37)29(35)22-10-13-24(32)14-11-22/h10-15,20-21,28,35H,6-9,16-19H2,1-5H3/b29-27+. The van der Waals surface area contributed by atoms with Crippen molar-refractivity contribution in [2.45, 2.75) is 53.5 Å². The molecule has 1 N–H and O–H groups in total. The molecule has 1 heterocycles. The summed E-state index contributed by atoms with van der Waals surface area (Å²) < 4.78 is 25.4. The molecule has 0 aromatic heterocycles. The van der Waals surface area contributed by atoms with Crippen molar-refractivity contribution < 1.29 is 28.6 Å². The lowest BCUT2D eigenvalue weighted by molar-refractivity contribution is -0.140. The molecule has 0 saturated carbocycles. The van der Waals surface area contributed by atoms with Crippen LogP contribution in [0.1, 0.15) is 64.6 Å². The second-order valence-corrected chi connectivity index (χ2v) is 10.0. The first-order chi connectivity index (χ1) is 18.7. The highest BCUT2D eigenvalue weighted by atomic mass is 19.1. The van der Waals surface area contributed by atoms with Crippen LogP contribution in [0.15, 0.2) is 48.0 Å². The molecule has 1 atom stereocenters. The van der Waals surface area contributed by atoms with E-state index in [-0.39, 0.29) is 16.9 Å². The fourth-order valence-electron chi connectivity index (χ4n) is 4.71. The minimum atomic E-state index is -0.823. The van der Waals surface area contributed by atoms with Gasteiger partial charge >= 0.3 is 0 Å². The highest BCUT2D eigenvalue weighted by Gasteiger charge is 2.46. The normalized spacial score (nSPS) is 16.9. The van der Waals surface area contributed by atoms with E-state index in [4.69, 9.17) is 9.47 Å². The molecule has 0 radical (unpaired) electrons. The Labute approximate surface area is 231 Å². The molecule has 0 aliphatic carbocycles. The third kappa shape index (κ3) is 7.38. The van der Waals surface area contributed by atoms with Gasteiger partial charge in [-0.05, 0) is 87.3 Å². The third-order valence-corrected chi connectivity index (χ3v) is 6.96. The van der Waals surface area contributed by atoms with E-state index >= 15 is 0 Å². The molecule has 1 amide bonds. The van der Waals surface area contributed by atoms with Crippen molar-refractivity contribution in [3.05, 3.63) is 65.0 Å². The molecule has 1 saturated heterocycles. The molecule has 1 unspecified atom stereocenters. The number of nitrogens with zero attached hydrogens (tertiary/aromatic N) is 2. The molecule has 3 rings (SSSR count). The number of likely N-dealkylation sites (tertiary alicyclic amines) is 1. The first-order valence-corrected chi connectivity index (χ1v) is 13.9. The summed E-state index contributed by atoms with van der Waals surface area (Å²) in [4.78, 5) is 30.4. The number of ketones is 1. The zero-order valence-electron chi connectivity index (χ0n) is 23.7. The van der Waals surface area contributed by atoms with Crippen LogP contribution in [-0.2, 0) is 9.59 Å². The Morgan fingerprint density at radius 2 is 1.72 bits per heavy atom. The van der Waals surface area contributed by atoms with Crippen LogP contribution < -0.4 is 9.47 Å². The number of carbonyl (C=O) groups is 2. The molecule has 8 heteroatoms. The van der Waals surface area contributed by atoms with Crippen molar-refractivity contribution in [3.8, 4) is 11.5 Å². The van der Waals surface area contributed by atoms with Gasteiger partial charge in [-0.2, -0.15) is 0 Å². The number of hydrogen-bond acceptors (Lipinski definition) is 6. The maximum Gasteiger partial charge on any atom is 0.295 e. The number of amides is 1. The maximum atomic E-state index is 13.6. The zero-order chi connectivity index (χ0) is 28.5. The van der Waals surface area contributed by atoms with Crippen LogP contribution in [0.4, 0.5) is 4.39 Å². The summed E-state index contributed by atoms with van der Waals surface area (Å²) in [6.07, 6.45) is 1.55. The largest absolute Gasteiger partial charge is 0.507 e. The fraction of sp³-hybridized carbons (Fsp3) is 0.484. The van der Waals surface area contributed by atoms with Crippen LogP contribution in [0.25, 0.3) is 5.76 Å². The molecular weight excluding hydrogens is 499 g/mol. The van der Waals surface area contributed by atoms with Gasteiger partial charge in [0.2, 0.25) is 0 Å². The predicted molar refractivity (Wildman–Crippen MR) is 150 cm³/mol. The molecule has 0 bridgehead atoms. The summed E-state index contributed by atoms with van der Waals surface area (Å²) in [6, 6.07) is 9.75. The number of benzene rings is 2. The van der Waals surface area contributed by atoms with Crippen molar-refractivity contribution in [1.82, 2.24) is 9.80 Å². The van der Waals surface area contributed by atoms with Crippen LogP contribution in [0.2, 0.25) is 0 Å². The van der Waals surface area contributed by atoms with Crippen molar-refractivity contribution in [3.63, 3.8) is 0 Å². The second-order valence-electron chi connectivity index (χ2n) is 10.0. The van der Waals surface area contributed by atoms with E-state index in [0.29, 0.717) is 49.2 Å². The van der Waals surface area contributed by atoms with Crippen molar-refractivity contribution in [1.29, 1.82) is 0 Å². The molecular formula is C31H41FN2O5. The van der Waals surface area contributed by atoms with E-state index < -0.39 is 23.5 Å². The summed E-state index contributed by atoms with van der Waals surface area (Å²) in [7, 11) is 0. The summed E-state index contributed by atoms with van der Waals surface area (Å²) in [6.45, 7) is 14.1. The average molecular weight is 541 g/mol. The van der Waals surface area contributed by atoms with Gasteiger partial charge in [0.05, 0.1) is 24.8 Å². The van der Waals surface area contributed by atoms with Gasteiger partial charge < -0.3 is 24.4 Å². The molecule has 212 valence electrons. The Morgan fingerprint density at radius 1 is 1.03 bits per heavy atom. The van der Waals surface area contributed by atoms with Gasteiger partial charge in [-0.25, -0.2) is 4.39 Å². The Hall–Kier alpha value is -3.39. The SMILES string of the molecule is CCOc1cc(C2/C(=C(\O)c3ccc(F)cc3)C(=O)C(=O)N2CCCN(CC)CC)ccc1OCCC(C)C. The minimum absolute atomic E-state index is 0.0228. The van der Waals surface area contributed by atoms with Crippen LogP contribution in [0.5, 0.6) is 11.5 Å². The molecule has 7 nitrogen and oxygen atoms in total. The molecule has 1 aliphatic heterocycles. The predicted octanol–water partition coefficient (Wildman–Crippen LogP) is 5.80. The molecule has 2 aromatic carbocycles. The van der Waals surface area contributed by atoms with Gasteiger partial charge in [-0.1, -0.05) is 33.8 Å². The maximum absolute atomic E-state index is 13.6. The molecule has 0 spiro atoms. The summed E-state index contributed by atoms with van der Waals surface area (Å²) >= 11 is 0. The average Bonchev–Trinajstić information content (AvgIpc) is 3.17. The Bertz CT molecular complexity index is 1160. The third-order valence-electron chi connectivity index (χ3n) is 6.96. The first kappa shape index (κ1) is 30.2. The van der Waals surface area contributed by atoms with Gasteiger partial charge in [-0.3, -0.25) is 9.59 Å². The molecule has 2 aromatic rings. The number of aliphatic hydroxyl groups is 1. The van der Waals surface area contributed by atoms with E-state index in [0.717, 1.165) is 26.1 Å². The van der Waals surface area contributed by atoms with Gasteiger partial charge in [0, 0.05) is 12.1 Å². The van der Waals surface area contributed by atoms with E-state index in [2.05, 4.69) is 32.6 Å². The lowest BCUT2D eigenvalue weighted by atomic mass is 9.95. The lowest BCUT2D eigenvalue weighted by Gasteiger charge is -2.27. The van der Waals surface area contributed by atoms with Gasteiger partial charge in [-0.15, -0.1) is 0 Å². The van der Waals surface area contributed by atoms with Crippen LogP contribution >= 0.6 is 0 Å².